The van der Waals surface area contributed by atoms with E-state index in [2.05, 4.69) is 29.9 Å². The van der Waals surface area contributed by atoms with Gasteiger partial charge in [0, 0.05) is 36.7 Å². The van der Waals surface area contributed by atoms with Crippen LogP contribution in [0.25, 0.3) is 21.5 Å². The maximum atomic E-state index is 12.2. The molecule has 24 heavy (non-hydrogen) atoms. The average molecular weight is 326 g/mol. The van der Waals surface area contributed by atoms with Crippen molar-refractivity contribution in [3.8, 4) is 0 Å². The fourth-order valence-corrected chi connectivity index (χ4v) is 3.81. The molecule has 9 nitrogen and oxygen atoms in total. The Hall–Kier alpha value is -2.80. The molecule has 1 amide bonds. The summed E-state index contributed by atoms with van der Waals surface area (Å²) in [6.45, 7) is 1.24. The van der Waals surface area contributed by atoms with Crippen LogP contribution >= 0.6 is 0 Å². The maximum absolute atomic E-state index is 12.2. The molecule has 3 heterocycles. The summed E-state index contributed by atoms with van der Waals surface area (Å²) in [5, 5.41) is 4.38. The second-order valence-electron chi connectivity index (χ2n) is 6.59. The van der Waals surface area contributed by atoms with Gasteiger partial charge in [0.05, 0.1) is 11.4 Å². The third-order valence-corrected chi connectivity index (χ3v) is 5.25. The lowest BCUT2D eigenvalue weighted by molar-refractivity contribution is -0.128. The standard InChI is InChI=1S/C15H18N8O/c1-22(14-10-2-5-17-13(10)18-9-19-14)11-7-23(8-15(11)3-4-15)12(24)6-20-21-16/h2,5,9,11H,3-4,6-8H2,1H3,(H,17,18,19)/t11-/m1/s1. The van der Waals surface area contributed by atoms with E-state index in [0.29, 0.717) is 6.54 Å². The number of carbonyl (C=O) groups excluding carboxylic acids is 1. The quantitative estimate of drug-likeness (QED) is 0.523. The van der Waals surface area contributed by atoms with Crippen LogP contribution < -0.4 is 4.90 Å². The molecule has 0 aromatic carbocycles. The van der Waals surface area contributed by atoms with Crippen LogP contribution in [0.4, 0.5) is 5.82 Å². The minimum absolute atomic E-state index is 0.107. The lowest BCUT2D eigenvalue weighted by atomic mass is 9.99. The zero-order valence-corrected chi connectivity index (χ0v) is 13.4. The molecule has 1 spiro atoms. The number of aromatic nitrogens is 3. The normalized spacial score (nSPS) is 21.0. The highest BCUT2D eigenvalue weighted by Gasteiger charge is 2.57. The summed E-state index contributed by atoms with van der Waals surface area (Å²) in [5.74, 6) is 0.770. The van der Waals surface area contributed by atoms with Crippen molar-refractivity contribution >= 4 is 22.8 Å². The number of rotatable bonds is 4. The number of hydrogen-bond acceptors (Lipinski definition) is 5. The molecule has 2 fully saturated rings. The van der Waals surface area contributed by atoms with E-state index in [1.165, 1.54) is 0 Å². The van der Waals surface area contributed by atoms with Crippen molar-refractivity contribution in [2.75, 3.05) is 31.6 Å². The highest BCUT2D eigenvalue weighted by Crippen LogP contribution is 2.55. The molecular formula is C15H18N8O. The topological polar surface area (TPSA) is 114 Å². The van der Waals surface area contributed by atoms with Crippen molar-refractivity contribution in [1.82, 2.24) is 19.9 Å². The summed E-state index contributed by atoms with van der Waals surface area (Å²) in [5.41, 5.74) is 9.35. The highest BCUT2D eigenvalue weighted by molar-refractivity contribution is 5.87. The second-order valence-corrected chi connectivity index (χ2v) is 6.59. The van der Waals surface area contributed by atoms with Crippen molar-refractivity contribution in [2.24, 2.45) is 10.5 Å². The van der Waals surface area contributed by atoms with Gasteiger partial charge < -0.3 is 14.8 Å². The molecule has 1 aliphatic carbocycles. The van der Waals surface area contributed by atoms with Gasteiger partial charge in [0.1, 0.15) is 24.3 Å². The summed E-state index contributed by atoms with van der Waals surface area (Å²) < 4.78 is 0. The number of azide groups is 1. The molecule has 9 heteroatoms. The minimum Gasteiger partial charge on any atom is -0.354 e. The van der Waals surface area contributed by atoms with Gasteiger partial charge in [-0.15, -0.1) is 0 Å². The Kier molecular flexibility index (Phi) is 3.31. The number of hydrogen-bond donors (Lipinski definition) is 1. The van der Waals surface area contributed by atoms with Crippen LogP contribution in [-0.2, 0) is 4.79 Å². The van der Waals surface area contributed by atoms with E-state index in [1.807, 2.05) is 24.2 Å². The Bertz CT molecular complexity index is 835. The fraction of sp³-hybridized carbons (Fsp3) is 0.533. The molecule has 2 aliphatic rings. The van der Waals surface area contributed by atoms with Gasteiger partial charge >= 0.3 is 0 Å². The molecule has 1 atom stereocenters. The van der Waals surface area contributed by atoms with Gasteiger partial charge in [0.15, 0.2) is 0 Å². The molecule has 4 rings (SSSR count). The first-order valence-electron chi connectivity index (χ1n) is 7.94. The molecule has 1 aliphatic heterocycles. The Balaban J connectivity index is 1.60. The first-order valence-corrected chi connectivity index (χ1v) is 7.94. The van der Waals surface area contributed by atoms with Crippen LogP contribution in [0, 0.1) is 5.41 Å². The molecule has 1 saturated heterocycles. The summed E-state index contributed by atoms with van der Waals surface area (Å²) in [6, 6.07) is 2.18. The number of nitrogens with one attached hydrogen (secondary N) is 1. The van der Waals surface area contributed by atoms with Crippen molar-refractivity contribution in [2.45, 2.75) is 18.9 Å². The molecule has 1 N–H and O–H groups in total. The summed E-state index contributed by atoms with van der Waals surface area (Å²) in [7, 11) is 2.03. The van der Waals surface area contributed by atoms with Gasteiger partial charge in [0.25, 0.3) is 0 Å². The van der Waals surface area contributed by atoms with E-state index in [9.17, 15) is 4.79 Å². The summed E-state index contributed by atoms with van der Waals surface area (Å²) >= 11 is 0. The van der Waals surface area contributed by atoms with Gasteiger partial charge in [-0.25, -0.2) is 9.97 Å². The van der Waals surface area contributed by atoms with E-state index in [-0.39, 0.29) is 23.9 Å². The van der Waals surface area contributed by atoms with Crippen LogP contribution in [0.15, 0.2) is 23.7 Å². The molecule has 0 bridgehead atoms. The molecule has 2 aromatic rings. The first-order chi connectivity index (χ1) is 11.6. The largest absolute Gasteiger partial charge is 0.354 e. The molecule has 124 valence electrons. The average Bonchev–Trinajstić information content (AvgIpc) is 3.04. The van der Waals surface area contributed by atoms with E-state index in [0.717, 1.165) is 36.2 Å². The Morgan fingerprint density at radius 2 is 2.42 bits per heavy atom. The number of likely N-dealkylation sites (tertiary alicyclic amines) is 1. The lowest BCUT2D eigenvalue weighted by Gasteiger charge is -2.30. The number of likely N-dealkylation sites (N-methyl/N-ethyl adjacent to an activating group) is 1. The van der Waals surface area contributed by atoms with Gasteiger partial charge in [-0.2, -0.15) is 0 Å². The van der Waals surface area contributed by atoms with Gasteiger partial charge in [-0.1, -0.05) is 5.11 Å². The fourth-order valence-electron chi connectivity index (χ4n) is 3.81. The Morgan fingerprint density at radius 1 is 1.58 bits per heavy atom. The van der Waals surface area contributed by atoms with Crippen molar-refractivity contribution in [1.29, 1.82) is 0 Å². The van der Waals surface area contributed by atoms with Crippen LogP contribution in [0.2, 0.25) is 0 Å². The minimum atomic E-state index is -0.113. The van der Waals surface area contributed by atoms with Crippen LogP contribution in [0.3, 0.4) is 0 Å². The van der Waals surface area contributed by atoms with E-state index in [4.69, 9.17) is 5.53 Å². The van der Waals surface area contributed by atoms with Gasteiger partial charge in [-0.3, -0.25) is 4.79 Å². The predicted octanol–water partition coefficient (Wildman–Crippen LogP) is 1.70. The number of amides is 1. The third-order valence-electron chi connectivity index (χ3n) is 5.25. The van der Waals surface area contributed by atoms with Gasteiger partial charge in [0.2, 0.25) is 5.91 Å². The van der Waals surface area contributed by atoms with E-state index in [1.54, 1.807) is 6.33 Å². The zero-order chi connectivity index (χ0) is 16.7. The van der Waals surface area contributed by atoms with Crippen LogP contribution in [-0.4, -0.2) is 58.5 Å². The van der Waals surface area contributed by atoms with E-state index >= 15 is 0 Å². The van der Waals surface area contributed by atoms with Crippen LogP contribution in [0.5, 0.6) is 0 Å². The van der Waals surface area contributed by atoms with Gasteiger partial charge in [-0.05, 0) is 24.4 Å². The predicted molar refractivity (Wildman–Crippen MR) is 88.3 cm³/mol. The number of carbonyl (C=O) groups is 1. The zero-order valence-electron chi connectivity index (χ0n) is 13.4. The lowest BCUT2D eigenvalue weighted by Crippen LogP contribution is -2.40. The number of nitrogens with zero attached hydrogens (tertiary/aromatic N) is 7. The Labute approximate surface area is 138 Å². The molecule has 2 aromatic heterocycles. The highest BCUT2D eigenvalue weighted by atomic mass is 16.2. The van der Waals surface area contributed by atoms with Crippen molar-refractivity contribution in [3.63, 3.8) is 0 Å². The SMILES string of the molecule is CN(c1ncnc2[nH]ccc12)[C@@H]1CN(C(=O)CN=[N+]=[N-])CC12CC2. The van der Waals surface area contributed by atoms with Crippen molar-refractivity contribution < 1.29 is 4.79 Å². The van der Waals surface area contributed by atoms with E-state index < -0.39 is 0 Å². The molecular weight excluding hydrogens is 308 g/mol. The molecule has 0 unspecified atom stereocenters. The Morgan fingerprint density at radius 3 is 3.17 bits per heavy atom. The van der Waals surface area contributed by atoms with Crippen molar-refractivity contribution in [3.05, 3.63) is 29.0 Å². The summed E-state index contributed by atoms with van der Waals surface area (Å²) in [6.07, 6.45) is 5.63. The van der Waals surface area contributed by atoms with Crippen LogP contribution in [0.1, 0.15) is 12.8 Å². The summed E-state index contributed by atoms with van der Waals surface area (Å²) in [4.78, 5) is 30.7. The number of fused-ring (bicyclic) bond motifs is 1. The maximum Gasteiger partial charge on any atom is 0.228 e. The number of aromatic amines is 1. The smallest absolute Gasteiger partial charge is 0.228 e. The monoisotopic (exact) mass is 326 g/mol. The molecule has 1 saturated carbocycles. The second kappa shape index (κ2) is 5.38. The number of anilines is 1. The molecule has 0 radical (unpaired) electrons. The number of H-pyrrole nitrogens is 1. The third kappa shape index (κ3) is 2.25. The first kappa shape index (κ1) is 14.8.